The Morgan fingerprint density at radius 2 is 1.77 bits per heavy atom. The zero-order valence-corrected chi connectivity index (χ0v) is 15.0. The van der Waals surface area contributed by atoms with Crippen LogP contribution in [0.4, 0.5) is 4.39 Å². The van der Waals surface area contributed by atoms with Crippen LogP contribution in [0.15, 0.2) is 54.7 Å². The van der Waals surface area contributed by atoms with Crippen LogP contribution in [0, 0.1) is 5.82 Å². The number of nitrogens with zero attached hydrogens (tertiary/aromatic N) is 2. The van der Waals surface area contributed by atoms with E-state index in [0.717, 1.165) is 48.0 Å². The molecule has 0 radical (unpaired) electrons. The number of para-hydroxylation sites is 1. The van der Waals surface area contributed by atoms with Gasteiger partial charge in [-0.2, -0.15) is 0 Å². The highest BCUT2D eigenvalue weighted by atomic mass is 19.1. The third-order valence-corrected chi connectivity index (χ3v) is 5.41. The number of rotatable bonds is 4. The van der Waals surface area contributed by atoms with Crippen molar-refractivity contribution in [2.24, 2.45) is 7.05 Å². The molecule has 1 saturated heterocycles. The second kappa shape index (κ2) is 6.94. The molecule has 0 saturated carbocycles. The van der Waals surface area contributed by atoms with Crippen LogP contribution in [0.2, 0.25) is 0 Å². The molecule has 1 aliphatic heterocycles. The van der Waals surface area contributed by atoms with Crippen LogP contribution >= 0.6 is 0 Å². The minimum atomic E-state index is -0.253. The van der Waals surface area contributed by atoms with Gasteiger partial charge in [0, 0.05) is 49.6 Å². The molecule has 1 atom stereocenters. The number of aryl methyl sites for hydroxylation is 1. The first-order chi connectivity index (χ1) is 12.6. The number of aromatic nitrogens is 1. The highest BCUT2D eigenvalue weighted by Gasteiger charge is 2.26. The number of hydrogen-bond donors (Lipinski definition) is 0. The lowest BCUT2D eigenvalue weighted by Crippen LogP contribution is -2.29. The van der Waals surface area contributed by atoms with Gasteiger partial charge < -0.3 is 9.47 Å². The van der Waals surface area contributed by atoms with Gasteiger partial charge in [0.25, 0.3) is 0 Å². The minimum Gasteiger partial charge on any atom is -0.350 e. The first-order valence-corrected chi connectivity index (χ1v) is 9.20. The Bertz CT molecular complexity index is 923. The van der Waals surface area contributed by atoms with E-state index in [9.17, 15) is 9.18 Å². The number of likely N-dealkylation sites (tertiary alicyclic amines) is 1. The van der Waals surface area contributed by atoms with Gasteiger partial charge in [0.2, 0.25) is 5.91 Å². The molecular formula is C22H23FN2O. The maximum Gasteiger partial charge on any atom is 0.223 e. The number of carbonyl (C=O) groups is 1. The zero-order chi connectivity index (χ0) is 18.1. The number of amides is 1. The Kier molecular flexibility index (Phi) is 4.49. The van der Waals surface area contributed by atoms with E-state index in [1.807, 2.05) is 24.1 Å². The molecule has 4 heteroatoms. The molecule has 3 nitrogen and oxygen atoms in total. The van der Waals surface area contributed by atoms with E-state index in [1.54, 1.807) is 12.1 Å². The fourth-order valence-corrected chi connectivity index (χ4v) is 4.02. The molecule has 1 fully saturated rings. The maximum atomic E-state index is 13.4. The number of benzene rings is 2. The van der Waals surface area contributed by atoms with Crippen molar-refractivity contribution in [1.29, 1.82) is 0 Å². The van der Waals surface area contributed by atoms with E-state index in [4.69, 9.17) is 0 Å². The van der Waals surface area contributed by atoms with Crippen LogP contribution in [0.5, 0.6) is 0 Å². The van der Waals surface area contributed by atoms with Crippen molar-refractivity contribution in [1.82, 2.24) is 9.47 Å². The minimum absolute atomic E-state index is 0.0743. The molecule has 1 aromatic heterocycles. The fourth-order valence-electron chi connectivity index (χ4n) is 4.02. The van der Waals surface area contributed by atoms with Gasteiger partial charge in [-0.15, -0.1) is 0 Å². The van der Waals surface area contributed by atoms with Crippen LogP contribution in [-0.2, 0) is 11.8 Å². The highest BCUT2D eigenvalue weighted by molar-refractivity contribution is 5.86. The Hall–Kier alpha value is -2.62. The molecule has 2 heterocycles. The zero-order valence-electron chi connectivity index (χ0n) is 15.0. The van der Waals surface area contributed by atoms with Crippen LogP contribution in [0.3, 0.4) is 0 Å². The molecule has 1 amide bonds. The lowest BCUT2D eigenvalue weighted by molar-refractivity contribution is -0.130. The molecule has 0 spiro atoms. The number of halogens is 1. The predicted octanol–water partition coefficient (Wildman–Crippen LogP) is 4.46. The van der Waals surface area contributed by atoms with E-state index in [1.165, 1.54) is 12.1 Å². The Morgan fingerprint density at radius 1 is 1.08 bits per heavy atom. The maximum absolute atomic E-state index is 13.4. The molecule has 134 valence electrons. The molecule has 1 unspecified atom stereocenters. The summed E-state index contributed by atoms with van der Waals surface area (Å²) < 4.78 is 15.5. The molecule has 3 aromatic rings. The first kappa shape index (κ1) is 16.8. The van der Waals surface area contributed by atoms with Gasteiger partial charge in [-0.05, 0) is 42.2 Å². The number of hydrogen-bond acceptors (Lipinski definition) is 1. The van der Waals surface area contributed by atoms with Crippen molar-refractivity contribution in [3.8, 4) is 0 Å². The smallest absolute Gasteiger partial charge is 0.223 e. The quantitative estimate of drug-likeness (QED) is 0.682. The molecule has 26 heavy (non-hydrogen) atoms. The normalized spacial score (nSPS) is 15.5. The van der Waals surface area contributed by atoms with Gasteiger partial charge >= 0.3 is 0 Å². The number of carbonyl (C=O) groups excluding carboxylic acids is 1. The lowest BCUT2D eigenvalue weighted by Gasteiger charge is -2.21. The van der Waals surface area contributed by atoms with E-state index < -0.39 is 0 Å². The van der Waals surface area contributed by atoms with Crippen molar-refractivity contribution in [2.45, 2.75) is 25.2 Å². The summed E-state index contributed by atoms with van der Waals surface area (Å²) in [5.41, 5.74) is 3.25. The van der Waals surface area contributed by atoms with E-state index in [-0.39, 0.29) is 17.6 Å². The lowest BCUT2D eigenvalue weighted by atomic mass is 9.88. The summed E-state index contributed by atoms with van der Waals surface area (Å²) in [5, 5.41) is 1.15. The molecule has 0 N–H and O–H groups in total. The SMILES string of the molecule is Cn1cc(C(CC(=O)N2CCCC2)c2ccc(F)cc2)c2ccccc21. The molecule has 4 rings (SSSR count). The summed E-state index contributed by atoms with van der Waals surface area (Å²) in [5.74, 6) is -0.143. The van der Waals surface area contributed by atoms with Crippen molar-refractivity contribution >= 4 is 16.8 Å². The first-order valence-electron chi connectivity index (χ1n) is 9.20. The van der Waals surface area contributed by atoms with Crippen LogP contribution in [-0.4, -0.2) is 28.5 Å². The summed E-state index contributed by atoms with van der Waals surface area (Å²) in [6.07, 6.45) is 4.69. The Morgan fingerprint density at radius 3 is 2.50 bits per heavy atom. The third kappa shape index (κ3) is 3.12. The van der Waals surface area contributed by atoms with Crippen LogP contribution in [0.25, 0.3) is 10.9 Å². The topological polar surface area (TPSA) is 25.2 Å². The van der Waals surface area contributed by atoms with Gasteiger partial charge in [-0.25, -0.2) is 4.39 Å². The monoisotopic (exact) mass is 350 g/mol. The molecular weight excluding hydrogens is 327 g/mol. The summed E-state index contributed by atoms with van der Waals surface area (Å²) in [4.78, 5) is 14.8. The Balaban J connectivity index is 1.76. The van der Waals surface area contributed by atoms with Gasteiger partial charge in [0.15, 0.2) is 0 Å². The molecule has 0 bridgehead atoms. The Labute approximate surface area is 153 Å². The number of fused-ring (bicyclic) bond motifs is 1. The van der Waals surface area contributed by atoms with Crippen LogP contribution in [0.1, 0.15) is 36.3 Å². The summed E-state index contributed by atoms with van der Waals surface area (Å²) in [6.45, 7) is 1.70. The summed E-state index contributed by atoms with van der Waals surface area (Å²) in [6, 6.07) is 14.8. The van der Waals surface area contributed by atoms with E-state index >= 15 is 0 Å². The van der Waals surface area contributed by atoms with Gasteiger partial charge in [0.05, 0.1) is 0 Å². The van der Waals surface area contributed by atoms with E-state index in [0.29, 0.717) is 6.42 Å². The summed E-state index contributed by atoms with van der Waals surface area (Å²) >= 11 is 0. The largest absolute Gasteiger partial charge is 0.350 e. The van der Waals surface area contributed by atoms with Crippen molar-refractivity contribution in [2.75, 3.05) is 13.1 Å². The van der Waals surface area contributed by atoms with Gasteiger partial charge in [-0.1, -0.05) is 30.3 Å². The predicted molar refractivity (Wildman–Crippen MR) is 102 cm³/mol. The average molecular weight is 350 g/mol. The highest BCUT2D eigenvalue weighted by Crippen LogP contribution is 2.35. The summed E-state index contributed by atoms with van der Waals surface area (Å²) in [7, 11) is 2.02. The standard InChI is InChI=1S/C22H23FN2O/c1-24-15-20(18-6-2-3-7-21(18)24)19(16-8-10-17(23)11-9-16)14-22(26)25-12-4-5-13-25/h2-3,6-11,15,19H,4-5,12-14H2,1H3. The van der Waals surface area contributed by atoms with Gasteiger partial charge in [0.1, 0.15) is 5.82 Å². The van der Waals surface area contributed by atoms with Crippen molar-refractivity contribution in [3.63, 3.8) is 0 Å². The third-order valence-electron chi connectivity index (χ3n) is 5.41. The molecule has 1 aliphatic rings. The average Bonchev–Trinajstić information content (AvgIpc) is 3.30. The van der Waals surface area contributed by atoms with E-state index in [2.05, 4.69) is 22.9 Å². The van der Waals surface area contributed by atoms with Crippen LogP contribution < -0.4 is 0 Å². The molecule has 2 aromatic carbocycles. The van der Waals surface area contributed by atoms with Gasteiger partial charge in [-0.3, -0.25) is 4.79 Å². The second-order valence-corrected chi connectivity index (χ2v) is 7.11. The molecule has 0 aliphatic carbocycles. The van der Waals surface area contributed by atoms with Crippen molar-refractivity contribution < 1.29 is 9.18 Å². The fraction of sp³-hybridized carbons (Fsp3) is 0.318. The second-order valence-electron chi connectivity index (χ2n) is 7.11. The van der Waals surface area contributed by atoms with Crippen molar-refractivity contribution in [3.05, 3.63) is 71.7 Å².